The van der Waals surface area contributed by atoms with Crippen molar-refractivity contribution in [3.8, 4) is 17.9 Å². The Morgan fingerprint density at radius 1 is 1.21 bits per heavy atom. The number of anilines is 1. The molecule has 0 amide bonds. The fraction of sp³-hybridized carbons (Fsp3) is 0.529. The Labute approximate surface area is 183 Å². The average molecular weight is 395 g/mol. The largest absolute Gasteiger partial charge is 0.394 e. The van der Waals surface area contributed by atoms with Crippen molar-refractivity contribution < 1.29 is 20.1 Å². The first-order valence-electron chi connectivity index (χ1n) is 8.55. The minimum atomic E-state index is -1.26. The molecule has 3 rings (SSSR count). The number of imidazole rings is 1. The number of hydrogen-bond donors (Lipinski definition) is 4. The third-order valence-electron chi connectivity index (χ3n) is 4.28. The molecule has 0 spiro atoms. The van der Waals surface area contributed by atoms with Crippen LogP contribution in [0.15, 0.2) is 6.33 Å². The van der Waals surface area contributed by atoms with Gasteiger partial charge in [0.15, 0.2) is 17.7 Å². The molecular weight excluding hydrogens is 375 g/mol. The smallest absolute Gasteiger partial charge is 0.208 e. The van der Waals surface area contributed by atoms with E-state index >= 15 is 0 Å². The summed E-state index contributed by atoms with van der Waals surface area (Å²) in [7, 11) is 0. The van der Waals surface area contributed by atoms with Gasteiger partial charge in [-0.3, -0.25) is 4.57 Å². The number of ether oxygens (including phenoxy) is 1. The van der Waals surface area contributed by atoms with E-state index in [1.807, 2.05) is 0 Å². The fourth-order valence-electron chi connectivity index (χ4n) is 2.85. The van der Waals surface area contributed by atoms with Crippen LogP contribution < -0.4 is 5.73 Å². The number of hydrogen-bond acceptors (Lipinski definition) is 9. The van der Waals surface area contributed by atoms with Crippen LogP contribution in [0.5, 0.6) is 0 Å². The molecule has 0 aromatic carbocycles. The van der Waals surface area contributed by atoms with Crippen LogP contribution in [0.2, 0.25) is 0 Å². The topological polar surface area (TPSA) is 163 Å². The fourth-order valence-corrected chi connectivity index (χ4v) is 2.85. The summed E-state index contributed by atoms with van der Waals surface area (Å²) in [4.78, 5) is 12.6. The maximum absolute atomic E-state index is 10.2. The van der Waals surface area contributed by atoms with Crippen LogP contribution in [-0.2, 0) is 4.74 Å². The number of aliphatic hydroxyl groups is 3. The van der Waals surface area contributed by atoms with E-state index in [9.17, 15) is 15.3 Å². The molecular formula is C17H20N6NaO4. The Bertz CT molecular complexity index is 918. The van der Waals surface area contributed by atoms with Crippen LogP contribution in [-0.4, -0.2) is 89.3 Å². The monoisotopic (exact) mass is 395 g/mol. The third kappa shape index (κ3) is 4.62. The molecule has 5 N–H and O–H groups in total. The van der Waals surface area contributed by atoms with Crippen LogP contribution in [0.4, 0.5) is 5.82 Å². The average Bonchev–Trinajstić information content (AvgIpc) is 3.20. The third-order valence-corrected chi connectivity index (χ3v) is 4.28. The number of nitriles is 1. The van der Waals surface area contributed by atoms with Gasteiger partial charge < -0.3 is 25.8 Å². The van der Waals surface area contributed by atoms with Gasteiger partial charge in [0.25, 0.3) is 0 Å². The van der Waals surface area contributed by atoms with Crippen LogP contribution in [0, 0.1) is 23.2 Å². The molecule has 2 aromatic heterocycles. The molecule has 0 aliphatic carbocycles. The van der Waals surface area contributed by atoms with Crippen molar-refractivity contribution in [1.29, 1.82) is 5.26 Å². The van der Waals surface area contributed by atoms with Crippen molar-refractivity contribution in [2.45, 2.75) is 50.2 Å². The van der Waals surface area contributed by atoms with Gasteiger partial charge in [0, 0.05) is 42.4 Å². The van der Waals surface area contributed by atoms with Crippen molar-refractivity contribution in [3.63, 3.8) is 0 Å². The molecule has 0 saturated carbocycles. The molecule has 10 nitrogen and oxygen atoms in total. The predicted octanol–water partition coefficient (Wildman–Crippen LogP) is -0.925. The van der Waals surface area contributed by atoms with Crippen molar-refractivity contribution in [3.05, 3.63) is 12.2 Å². The van der Waals surface area contributed by atoms with E-state index in [1.165, 1.54) is 10.9 Å². The quantitative estimate of drug-likeness (QED) is 0.285. The Hall–Kier alpha value is -1.76. The molecule has 11 heteroatoms. The molecule has 0 bridgehead atoms. The van der Waals surface area contributed by atoms with Gasteiger partial charge in [0.2, 0.25) is 5.82 Å². The molecule has 1 fully saturated rings. The van der Waals surface area contributed by atoms with E-state index in [0.29, 0.717) is 24.0 Å². The van der Waals surface area contributed by atoms with Gasteiger partial charge in [-0.15, -0.1) is 0 Å². The van der Waals surface area contributed by atoms with Crippen LogP contribution in [0.1, 0.15) is 37.7 Å². The van der Waals surface area contributed by atoms with Crippen molar-refractivity contribution >= 4 is 46.5 Å². The zero-order chi connectivity index (χ0) is 19.4. The molecule has 1 radical (unpaired) electrons. The first-order chi connectivity index (χ1) is 13.1. The Morgan fingerprint density at radius 2 is 1.96 bits per heavy atom. The van der Waals surface area contributed by atoms with Gasteiger partial charge in [-0.2, -0.15) is 5.26 Å². The van der Waals surface area contributed by atoms with Gasteiger partial charge in [0.1, 0.15) is 23.8 Å². The minimum absolute atomic E-state index is 0. The van der Waals surface area contributed by atoms with Crippen molar-refractivity contribution in [2.24, 2.45) is 0 Å². The molecule has 28 heavy (non-hydrogen) atoms. The number of aliphatic hydroxyl groups excluding tert-OH is 3. The summed E-state index contributed by atoms with van der Waals surface area (Å²) in [5.74, 6) is 6.12. The number of rotatable bonds is 5. The molecule has 143 valence electrons. The van der Waals surface area contributed by atoms with E-state index in [0.717, 1.165) is 12.8 Å². The standard InChI is InChI=1S/C17H20N6O4.Na/c18-7-5-3-1-2-4-6-11-21-15(19)12-16(22-11)23(9-20-12)17-14(26)13(25)10(8-24)27-17;/h9-10,13-14,17,24-26H,1-3,5,8H2,(H2,19,21,22);/t10-,13-,14-,17-;/m1./s1. The van der Waals surface area contributed by atoms with E-state index in [-0.39, 0.29) is 41.2 Å². The first kappa shape index (κ1) is 22.5. The summed E-state index contributed by atoms with van der Waals surface area (Å²) in [5.41, 5.74) is 6.57. The Balaban J connectivity index is 0.00000280. The molecule has 1 aliphatic heterocycles. The number of unbranched alkanes of at least 4 members (excludes halogenated alkanes) is 3. The Morgan fingerprint density at radius 3 is 2.64 bits per heavy atom. The van der Waals surface area contributed by atoms with Gasteiger partial charge in [-0.25, -0.2) is 15.0 Å². The second-order valence-electron chi connectivity index (χ2n) is 6.15. The number of aromatic nitrogens is 4. The van der Waals surface area contributed by atoms with E-state index in [2.05, 4.69) is 32.9 Å². The van der Waals surface area contributed by atoms with E-state index in [4.69, 9.17) is 15.7 Å². The van der Waals surface area contributed by atoms with Gasteiger partial charge in [0.05, 0.1) is 19.0 Å². The van der Waals surface area contributed by atoms with Crippen LogP contribution in [0.25, 0.3) is 11.2 Å². The van der Waals surface area contributed by atoms with Gasteiger partial charge >= 0.3 is 0 Å². The van der Waals surface area contributed by atoms with E-state index in [1.54, 1.807) is 0 Å². The molecule has 1 saturated heterocycles. The van der Waals surface area contributed by atoms with Gasteiger partial charge in [-0.05, 0) is 18.8 Å². The predicted molar refractivity (Wildman–Crippen MR) is 99.5 cm³/mol. The normalized spacial score (nSPS) is 23.6. The zero-order valence-corrected chi connectivity index (χ0v) is 17.5. The molecule has 1 aliphatic rings. The molecule has 0 unspecified atom stereocenters. The first-order valence-corrected chi connectivity index (χ1v) is 8.55. The molecule has 4 atom stereocenters. The SMILES string of the molecule is N#CCCCCC#Cc1nc(N)c2ncn([C@@H]3O[C@H](CO)[C@@H](O)[C@H]3O)c2n1.[Na]. The van der Waals surface area contributed by atoms with Crippen LogP contribution in [0.3, 0.4) is 0 Å². The van der Waals surface area contributed by atoms with E-state index < -0.39 is 31.1 Å². The second kappa shape index (κ2) is 10.1. The van der Waals surface area contributed by atoms with Crippen molar-refractivity contribution in [2.75, 3.05) is 12.3 Å². The minimum Gasteiger partial charge on any atom is -0.394 e. The number of nitrogens with two attached hydrogens (primary N) is 1. The van der Waals surface area contributed by atoms with Crippen molar-refractivity contribution in [1.82, 2.24) is 19.5 Å². The number of nitrogens with zero attached hydrogens (tertiary/aromatic N) is 5. The second-order valence-corrected chi connectivity index (χ2v) is 6.15. The maximum atomic E-state index is 10.2. The van der Waals surface area contributed by atoms with Crippen LogP contribution >= 0.6 is 0 Å². The van der Waals surface area contributed by atoms with Gasteiger partial charge in [-0.1, -0.05) is 5.92 Å². The summed E-state index contributed by atoms with van der Waals surface area (Å²) in [6.45, 7) is -0.430. The summed E-state index contributed by atoms with van der Waals surface area (Å²) < 4.78 is 6.95. The molecule has 3 heterocycles. The summed E-state index contributed by atoms with van der Waals surface area (Å²) in [5, 5.41) is 37.9. The molecule has 2 aromatic rings. The summed E-state index contributed by atoms with van der Waals surface area (Å²) in [6, 6.07) is 2.08. The zero-order valence-electron chi connectivity index (χ0n) is 15.5. The number of fused-ring (bicyclic) bond motifs is 1. The number of nitrogen functional groups attached to an aromatic ring is 1. The summed E-state index contributed by atoms with van der Waals surface area (Å²) >= 11 is 0. The maximum Gasteiger partial charge on any atom is 0.208 e. The Kier molecular flexibility index (Phi) is 8.16. The summed E-state index contributed by atoms with van der Waals surface area (Å²) in [6.07, 6.45) is -0.288.